The molecule has 2 rings (SSSR count). The number of hydrogen-bond acceptors (Lipinski definition) is 5. The van der Waals surface area contributed by atoms with Gasteiger partial charge in [0, 0.05) is 26.2 Å². The van der Waals surface area contributed by atoms with Crippen LogP contribution in [0.25, 0.3) is 0 Å². The van der Waals surface area contributed by atoms with E-state index in [2.05, 4.69) is 16.3 Å². The number of β-amino-alcohol motifs (C(OH)–C–C–N with tert-alkyl or cyclic N) is 1. The van der Waals surface area contributed by atoms with Crippen molar-refractivity contribution >= 4 is 5.91 Å². The first kappa shape index (κ1) is 17.7. The number of aliphatic hydroxyl groups excluding tert-OH is 1. The van der Waals surface area contributed by atoms with E-state index in [-0.39, 0.29) is 19.1 Å². The van der Waals surface area contributed by atoms with Gasteiger partial charge in [-0.2, -0.15) is 0 Å². The minimum absolute atomic E-state index is 0.0484. The first-order chi connectivity index (χ1) is 11.0. The van der Waals surface area contributed by atoms with Crippen LogP contribution in [-0.2, 0) is 9.53 Å². The first-order valence-corrected chi connectivity index (χ1v) is 7.99. The summed E-state index contributed by atoms with van der Waals surface area (Å²) in [5, 5.41) is 12.7. The molecule has 1 saturated heterocycles. The van der Waals surface area contributed by atoms with Crippen molar-refractivity contribution in [2.75, 3.05) is 46.0 Å². The number of carbonyl (C=O) groups excluding carboxylic acids is 1. The van der Waals surface area contributed by atoms with Crippen molar-refractivity contribution < 1.29 is 19.4 Å². The number of aryl methyl sites for hydroxylation is 2. The van der Waals surface area contributed by atoms with Crippen LogP contribution in [-0.4, -0.2) is 68.0 Å². The normalized spacial score (nSPS) is 16.8. The van der Waals surface area contributed by atoms with E-state index < -0.39 is 6.10 Å². The van der Waals surface area contributed by atoms with Gasteiger partial charge in [-0.05, 0) is 37.1 Å². The maximum absolute atomic E-state index is 11.8. The van der Waals surface area contributed by atoms with Crippen molar-refractivity contribution in [1.82, 2.24) is 10.2 Å². The minimum Gasteiger partial charge on any atom is -0.484 e. The molecule has 1 fully saturated rings. The minimum atomic E-state index is -0.585. The Balaban J connectivity index is 1.66. The van der Waals surface area contributed by atoms with E-state index in [1.807, 2.05) is 26.0 Å². The van der Waals surface area contributed by atoms with Gasteiger partial charge in [0.25, 0.3) is 5.91 Å². The Hall–Kier alpha value is -1.63. The quantitative estimate of drug-likeness (QED) is 0.765. The zero-order chi connectivity index (χ0) is 16.7. The highest BCUT2D eigenvalue weighted by molar-refractivity contribution is 5.77. The Morgan fingerprint density at radius 3 is 2.61 bits per heavy atom. The zero-order valence-corrected chi connectivity index (χ0v) is 13.9. The van der Waals surface area contributed by atoms with E-state index in [0.717, 1.165) is 24.2 Å². The molecular weight excluding hydrogens is 296 g/mol. The molecule has 128 valence electrons. The van der Waals surface area contributed by atoms with Gasteiger partial charge in [-0.1, -0.05) is 6.07 Å². The number of carbonyl (C=O) groups is 1. The van der Waals surface area contributed by atoms with Crippen molar-refractivity contribution in [3.8, 4) is 5.75 Å². The van der Waals surface area contributed by atoms with Gasteiger partial charge in [0.1, 0.15) is 5.75 Å². The number of rotatable bonds is 7. The third-order valence-corrected chi connectivity index (χ3v) is 3.67. The van der Waals surface area contributed by atoms with Crippen LogP contribution in [0.2, 0.25) is 0 Å². The van der Waals surface area contributed by atoms with Crippen molar-refractivity contribution in [3.05, 3.63) is 29.3 Å². The summed E-state index contributed by atoms with van der Waals surface area (Å²) in [7, 11) is 0. The van der Waals surface area contributed by atoms with Gasteiger partial charge < -0.3 is 19.9 Å². The predicted octanol–water partition coefficient (Wildman–Crippen LogP) is 0.492. The van der Waals surface area contributed by atoms with Crippen LogP contribution in [0.5, 0.6) is 5.75 Å². The summed E-state index contributed by atoms with van der Waals surface area (Å²) >= 11 is 0. The highest BCUT2D eigenvalue weighted by atomic mass is 16.5. The number of benzene rings is 1. The molecule has 0 bridgehead atoms. The number of ether oxygens (including phenoxy) is 2. The number of amides is 1. The number of morpholine rings is 1. The topological polar surface area (TPSA) is 71.0 Å². The molecule has 0 aliphatic carbocycles. The van der Waals surface area contributed by atoms with Gasteiger partial charge in [0.15, 0.2) is 6.61 Å². The molecule has 6 heteroatoms. The van der Waals surface area contributed by atoms with Gasteiger partial charge in [0.2, 0.25) is 0 Å². The summed E-state index contributed by atoms with van der Waals surface area (Å²) in [5.74, 6) is 0.455. The molecule has 0 aromatic heterocycles. The maximum atomic E-state index is 11.8. The molecule has 2 N–H and O–H groups in total. The smallest absolute Gasteiger partial charge is 0.258 e. The van der Waals surface area contributed by atoms with Gasteiger partial charge in [-0.15, -0.1) is 0 Å². The highest BCUT2D eigenvalue weighted by Gasteiger charge is 2.15. The Kier molecular flexibility index (Phi) is 6.83. The maximum Gasteiger partial charge on any atom is 0.258 e. The summed E-state index contributed by atoms with van der Waals surface area (Å²) in [5.41, 5.74) is 2.20. The van der Waals surface area contributed by atoms with Gasteiger partial charge in [-0.25, -0.2) is 0 Å². The molecule has 0 saturated carbocycles. The van der Waals surface area contributed by atoms with Crippen molar-refractivity contribution in [1.29, 1.82) is 0 Å². The Labute approximate surface area is 137 Å². The van der Waals surface area contributed by atoms with Crippen molar-refractivity contribution in [3.63, 3.8) is 0 Å². The van der Waals surface area contributed by atoms with E-state index in [1.54, 1.807) is 0 Å². The van der Waals surface area contributed by atoms with Gasteiger partial charge >= 0.3 is 0 Å². The number of nitrogens with one attached hydrogen (secondary N) is 1. The van der Waals surface area contributed by atoms with Gasteiger partial charge in [0.05, 0.1) is 19.3 Å². The standard InChI is InChI=1S/C17H26N2O4/c1-13-7-14(2)9-16(8-13)23-12-17(21)18-10-15(20)11-19-3-5-22-6-4-19/h7-9,15,20H,3-6,10-12H2,1-2H3,(H,18,21). The Morgan fingerprint density at radius 2 is 1.96 bits per heavy atom. The second-order valence-electron chi connectivity index (χ2n) is 5.98. The molecule has 1 aliphatic rings. The second kappa shape index (κ2) is 8.86. The third-order valence-electron chi connectivity index (χ3n) is 3.67. The molecule has 1 aliphatic heterocycles. The average Bonchev–Trinajstić information content (AvgIpc) is 2.51. The second-order valence-corrected chi connectivity index (χ2v) is 5.98. The summed E-state index contributed by atoms with van der Waals surface area (Å²) in [6.07, 6.45) is -0.585. The van der Waals surface area contributed by atoms with E-state index in [9.17, 15) is 9.90 Å². The van der Waals surface area contributed by atoms with E-state index in [0.29, 0.717) is 25.5 Å². The van der Waals surface area contributed by atoms with Crippen LogP contribution in [0.4, 0.5) is 0 Å². The van der Waals surface area contributed by atoms with Crippen LogP contribution >= 0.6 is 0 Å². The molecule has 6 nitrogen and oxygen atoms in total. The van der Waals surface area contributed by atoms with Crippen molar-refractivity contribution in [2.24, 2.45) is 0 Å². The molecule has 0 spiro atoms. The lowest BCUT2D eigenvalue weighted by Gasteiger charge is -2.28. The predicted molar refractivity (Wildman–Crippen MR) is 87.7 cm³/mol. The molecule has 1 heterocycles. The SMILES string of the molecule is Cc1cc(C)cc(OCC(=O)NCC(O)CN2CCOCC2)c1. The summed E-state index contributed by atoms with van der Waals surface area (Å²) < 4.78 is 10.8. The van der Waals surface area contributed by atoms with Crippen LogP contribution in [0.1, 0.15) is 11.1 Å². The lowest BCUT2D eigenvalue weighted by molar-refractivity contribution is -0.123. The first-order valence-electron chi connectivity index (χ1n) is 7.99. The van der Waals surface area contributed by atoms with E-state index in [1.165, 1.54) is 0 Å². The summed E-state index contributed by atoms with van der Waals surface area (Å²) in [4.78, 5) is 13.9. The highest BCUT2D eigenvalue weighted by Crippen LogP contribution is 2.15. The molecule has 1 aromatic rings. The monoisotopic (exact) mass is 322 g/mol. The molecule has 1 aromatic carbocycles. The van der Waals surface area contributed by atoms with E-state index >= 15 is 0 Å². The molecule has 1 unspecified atom stereocenters. The average molecular weight is 322 g/mol. The third kappa shape index (κ3) is 6.56. The van der Waals surface area contributed by atoms with Crippen molar-refractivity contribution in [2.45, 2.75) is 20.0 Å². The van der Waals surface area contributed by atoms with Crippen LogP contribution < -0.4 is 10.1 Å². The molecular formula is C17H26N2O4. The lowest BCUT2D eigenvalue weighted by Crippen LogP contribution is -2.45. The number of hydrogen-bond donors (Lipinski definition) is 2. The van der Waals surface area contributed by atoms with Crippen LogP contribution in [0, 0.1) is 13.8 Å². The van der Waals surface area contributed by atoms with Gasteiger partial charge in [-0.3, -0.25) is 9.69 Å². The number of nitrogens with zero attached hydrogens (tertiary/aromatic N) is 1. The fourth-order valence-corrected chi connectivity index (χ4v) is 2.59. The molecule has 23 heavy (non-hydrogen) atoms. The summed E-state index contributed by atoms with van der Waals surface area (Å²) in [6.45, 7) is 7.73. The van der Waals surface area contributed by atoms with Crippen LogP contribution in [0.3, 0.4) is 0 Å². The fraction of sp³-hybridized carbons (Fsp3) is 0.588. The lowest BCUT2D eigenvalue weighted by atomic mass is 10.1. The molecule has 1 amide bonds. The van der Waals surface area contributed by atoms with Crippen LogP contribution in [0.15, 0.2) is 18.2 Å². The zero-order valence-electron chi connectivity index (χ0n) is 13.9. The summed E-state index contributed by atoms with van der Waals surface area (Å²) in [6, 6.07) is 5.84. The Bertz CT molecular complexity index is 495. The number of aliphatic hydroxyl groups is 1. The largest absolute Gasteiger partial charge is 0.484 e. The van der Waals surface area contributed by atoms with E-state index in [4.69, 9.17) is 9.47 Å². The fourth-order valence-electron chi connectivity index (χ4n) is 2.59. The molecule has 0 radical (unpaired) electrons. The molecule has 1 atom stereocenters. The Morgan fingerprint density at radius 1 is 1.30 bits per heavy atom.